The maximum atomic E-state index is 12.9. The van der Waals surface area contributed by atoms with Crippen molar-refractivity contribution < 1.29 is 9.59 Å². The fraction of sp³-hybridized carbons (Fsp3) is 0.556. The third kappa shape index (κ3) is 3.36. The molecule has 1 aliphatic heterocycles. The van der Waals surface area contributed by atoms with Gasteiger partial charge in [-0.3, -0.25) is 15.0 Å². The van der Waals surface area contributed by atoms with Crippen molar-refractivity contribution in [1.29, 1.82) is 0 Å². The molecule has 6 heteroatoms. The maximum Gasteiger partial charge on any atom is 0.276 e. The minimum Gasteiger partial charge on any atom is -0.363 e. The Morgan fingerprint density at radius 3 is 2.67 bits per heavy atom. The minimum absolute atomic E-state index is 0.000112. The van der Waals surface area contributed by atoms with E-state index in [9.17, 15) is 9.59 Å². The van der Waals surface area contributed by atoms with E-state index in [1.54, 1.807) is 12.1 Å². The Morgan fingerprint density at radius 1 is 1.29 bits per heavy atom. The summed E-state index contributed by atoms with van der Waals surface area (Å²) in [6.45, 7) is 4.04. The van der Waals surface area contributed by atoms with Gasteiger partial charge >= 0.3 is 0 Å². The minimum atomic E-state index is -0.279. The van der Waals surface area contributed by atoms with E-state index in [-0.39, 0.29) is 29.8 Å². The van der Waals surface area contributed by atoms with Crippen LogP contribution in [0.25, 0.3) is 0 Å². The molecule has 1 aromatic rings. The first-order chi connectivity index (χ1) is 11.5. The molecule has 1 saturated carbocycles. The summed E-state index contributed by atoms with van der Waals surface area (Å²) in [5.41, 5.74) is 4.11. The van der Waals surface area contributed by atoms with E-state index in [0.717, 1.165) is 31.4 Å². The second kappa shape index (κ2) is 7.01. The summed E-state index contributed by atoms with van der Waals surface area (Å²) in [5, 5.41) is 5.29. The van der Waals surface area contributed by atoms with Gasteiger partial charge in [0.05, 0.1) is 5.56 Å². The molecule has 24 heavy (non-hydrogen) atoms. The van der Waals surface area contributed by atoms with E-state index >= 15 is 0 Å². The smallest absolute Gasteiger partial charge is 0.276 e. The lowest BCUT2D eigenvalue weighted by Gasteiger charge is -2.40. The molecule has 2 amide bonds. The first-order valence-electron chi connectivity index (χ1n) is 8.67. The highest BCUT2D eigenvalue weighted by molar-refractivity contribution is 6.31. The number of carbonyl (C=O) groups is 2. The fourth-order valence-electron chi connectivity index (χ4n) is 3.46. The number of amides is 2. The van der Waals surface area contributed by atoms with Crippen LogP contribution in [-0.2, 0) is 4.79 Å². The summed E-state index contributed by atoms with van der Waals surface area (Å²) in [4.78, 5) is 25.5. The second-order valence-electron chi connectivity index (χ2n) is 7.01. The van der Waals surface area contributed by atoms with Gasteiger partial charge in [-0.25, -0.2) is 5.01 Å². The molecule has 0 radical (unpaired) electrons. The lowest BCUT2D eigenvalue weighted by atomic mass is 9.89. The maximum absolute atomic E-state index is 12.9. The van der Waals surface area contributed by atoms with Crippen LogP contribution in [0.1, 0.15) is 56.3 Å². The monoisotopic (exact) mass is 349 g/mol. The zero-order valence-corrected chi connectivity index (χ0v) is 14.9. The molecule has 1 aromatic carbocycles. The SMILES string of the molecule is CC(C)C1Nc2ccc(Cl)cc2C(=O)N1NC(=O)C1CCCCC1. The van der Waals surface area contributed by atoms with Gasteiger partial charge in [0.15, 0.2) is 0 Å². The van der Waals surface area contributed by atoms with E-state index in [1.165, 1.54) is 11.4 Å². The highest BCUT2D eigenvalue weighted by atomic mass is 35.5. The van der Waals surface area contributed by atoms with Crippen LogP contribution in [0.2, 0.25) is 5.02 Å². The largest absolute Gasteiger partial charge is 0.363 e. The number of hydrogen-bond acceptors (Lipinski definition) is 3. The second-order valence-corrected chi connectivity index (χ2v) is 7.45. The van der Waals surface area contributed by atoms with Crippen LogP contribution in [0.15, 0.2) is 18.2 Å². The number of hydrazine groups is 1. The summed E-state index contributed by atoms with van der Waals surface area (Å²) in [7, 11) is 0. The zero-order valence-electron chi connectivity index (χ0n) is 14.1. The fourth-order valence-corrected chi connectivity index (χ4v) is 3.63. The van der Waals surface area contributed by atoms with Gasteiger partial charge in [0.1, 0.15) is 6.17 Å². The van der Waals surface area contributed by atoms with Gasteiger partial charge in [0, 0.05) is 16.6 Å². The molecule has 1 aliphatic carbocycles. The summed E-state index contributed by atoms with van der Waals surface area (Å²) in [6.07, 6.45) is 4.87. The van der Waals surface area contributed by atoms with Crippen LogP contribution in [0.4, 0.5) is 5.69 Å². The molecule has 3 rings (SSSR count). The van der Waals surface area contributed by atoms with Gasteiger partial charge in [0.2, 0.25) is 5.91 Å². The average Bonchev–Trinajstić information content (AvgIpc) is 2.58. The Labute approximate surface area is 147 Å². The van der Waals surface area contributed by atoms with E-state index in [2.05, 4.69) is 10.7 Å². The summed E-state index contributed by atoms with van der Waals surface area (Å²) in [6, 6.07) is 5.21. The van der Waals surface area contributed by atoms with Crippen LogP contribution in [0, 0.1) is 11.8 Å². The number of halogens is 1. The number of carbonyl (C=O) groups excluding carboxylic acids is 2. The van der Waals surface area contributed by atoms with E-state index in [0.29, 0.717) is 10.6 Å². The Morgan fingerprint density at radius 2 is 2.00 bits per heavy atom. The van der Waals surface area contributed by atoms with Crippen molar-refractivity contribution in [3.8, 4) is 0 Å². The molecular formula is C18H24ClN3O2. The number of nitrogens with one attached hydrogen (secondary N) is 2. The van der Waals surface area contributed by atoms with Crippen molar-refractivity contribution in [2.24, 2.45) is 11.8 Å². The van der Waals surface area contributed by atoms with Crippen LogP contribution in [0.3, 0.4) is 0 Å². The molecule has 0 aromatic heterocycles. The van der Waals surface area contributed by atoms with Crippen LogP contribution in [0.5, 0.6) is 0 Å². The number of hydrogen-bond donors (Lipinski definition) is 2. The van der Waals surface area contributed by atoms with Crippen LogP contribution in [-0.4, -0.2) is 23.0 Å². The predicted molar refractivity (Wildman–Crippen MR) is 94.6 cm³/mol. The normalized spacial score (nSPS) is 21.4. The quantitative estimate of drug-likeness (QED) is 0.872. The van der Waals surface area contributed by atoms with Crippen molar-refractivity contribution in [2.45, 2.75) is 52.1 Å². The number of benzene rings is 1. The molecule has 2 N–H and O–H groups in total. The molecular weight excluding hydrogens is 326 g/mol. The van der Waals surface area contributed by atoms with E-state index in [4.69, 9.17) is 11.6 Å². The van der Waals surface area contributed by atoms with Gasteiger partial charge in [-0.15, -0.1) is 0 Å². The zero-order chi connectivity index (χ0) is 17.3. The summed E-state index contributed by atoms with van der Waals surface area (Å²) >= 11 is 6.03. The Kier molecular flexibility index (Phi) is 4.99. The number of anilines is 1. The Bertz CT molecular complexity index is 641. The molecule has 0 saturated heterocycles. The predicted octanol–water partition coefficient (Wildman–Crippen LogP) is 3.80. The standard InChI is InChI=1S/C18H24ClN3O2/c1-11(2)16-20-15-9-8-13(19)10-14(15)18(24)22(16)21-17(23)12-6-4-3-5-7-12/h8-12,16,20H,3-7H2,1-2H3,(H,21,23). The Balaban J connectivity index is 1.83. The van der Waals surface area contributed by atoms with E-state index < -0.39 is 0 Å². The van der Waals surface area contributed by atoms with Crippen molar-refractivity contribution in [3.63, 3.8) is 0 Å². The third-order valence-electron chi connectivity index (χ3n) is 4.85. The molecule has 1 fully saturated rings. The van der Waals surface area contributed by atoms with Crippen molar-refractivity contribution in [3.05, 3.63) is 28.8 Å². The number of nitrogens with zero attached hydrogens (tertiary/aromatic N) is 1. The van der Waals surface area contributed by atoms with Crippen LogP contribution >= 0.6 is 11.6 Å². The summed E-state index contributed by atoms with van der Waals surface area (Å²) < 4.78 is 0. The molecule has 1 unspecified atom stereocenters. The van der Waals surface area contributed by atoms with Gasteiger partial charge in [0.25, 0.3) is 5.91 Å². The van der Waals surface area contributed by atoms with Crippen LogP contribution < -0.4 is 10.7 Å². The number of fused-ring (bicyclic) bond motifs is 1. The van der Waals surface area contributed by atoms with E-state index in [1.807, 2.05) is 19.9 Å². The Hall–Kier alpha value is -1.75. The van der Waals surface area contributed by atoms with Crippen molar-refractivity contribution in [2.75, 3.05) is 5.32 Å². The molecule has 130 valence electrons. The molecule has 5 nitrogen and oxygen atoms in total. The summed E-state index contributed by atoms with van der Waals surface area (Å²) in [5.74, 6) is -0.125. The molecule has 1 atom stereocenters. The third-order valence-corrected chi connectivity index (χ3v) is 5.09. The highest BCUT2D eigenvalue weighted by Crippen LogP contribution is 2.30. The van der Waals surface area contributed by atoms with Gasteiger partial charge in [-0.1, -0.05) is 44.7 Å². The van der Waals surface area contributed by atoms with Gasteiger partial charge < -0.3 is 5.32 Å². The molecule has 1 heterocycles. The molecule has 0 bridgehead atoms. The molecule has 0 spiro atoms. The first-order valence-corrected chi connectivity index (χ1v) is 9.05. The highest BCUT2D eigenvalue weighted by Gasteiger charge is 2.36. The van der Waals surface area contributed by atoms with Gasteiger partial charge in [-0.05, 0) is 37.0 Å². The van der Waals surface area contributed by atoms with Gasteiger partial charge in [-0.2, -0.15) is 0 Å². The van der Waals surface area contributed by atoms with Crippen molar-refractivity contribution >= 4 is 29.1 Å². The topological polar surface area (TPSA) is 61.4 Å². The number of rotatable bonds is 3. The van der Waals surface area contributed by atoms with Crippen molar-refractivity contribution in [1.82, 2.24) is 10.4 Å². The lowest BCUT2D eigenvalue weighted by molar-refractivity contribution is -0.131. The average molecular weight is 350 g/mol. The lowest BCUT2D eigenvalue weighted by Crippen LogP contribution is -2.60. The first kappa shape index (κ1) is 17.1. The molecule has 2 aliphatic rings.